The highest BCUT2D eigenvalue weighted by atomic mass is 32.2. The van der Waals surface area contributed by atoms with Gasteiger partial charge >= 0.3 is 0 Å². The van der Waals surface area contributed by atoms with Gasteiger partial charge in [-0.1, -0.05) is 18.2 Å². The number of para-hydroxylation sites is 1. The number of amides is 1. The molecule has 1 amide bonds. The summed E-state index contributed by atoms with van der Waals surface area (Å²) in [4.78, 5) is 12.3. The van der Waals surface area contributed by atoms with E-state index in [1.54, 1.807) is 12.1 Å². The van der Waals surface area contributed by atoms with Crippen molar-refractivity contribution in [2.24, 2.45) is 0 Å². The van der Waals surface area contributed by atoms with E-state index in [1.165, 1.54) is 38.0 Å². The normalized spacial score (nSPS) is 11.4. The highest BCUT2D eigenvalue weighted by molar-refractivity contribution is 7.99. The number of rotatable bonds is 9. The maximum absolute atomic E-state index is 12.1. The summed E-state index contributed by atoms with van der Waals surface area (Å²) in [6.07, 6.45) is 0. The van der Waals surface area contributed by atoms with E-state index in [0.717, 1.165) is 15.6 Å². The van der Waals surface area contributed by atoms with Gasteiger partial charge in [-0.25, -0.2) is 12.7 Å². The second-order valence-electron chi connectivity index (χ2n) is 5.89. The number of nitrogens with zero attached hydrogens (tertiary/aromatic N) is 1. The molecule has 0 aliphatic heterocycles. The van der Waals surface area contributed by atoms with E-state index in [4.69, 9.17) is 4.74 Å². The number of carbonyl (C=O) groups is 1. The van der Waals surface area contributed by atoms with E-state index in [1.807, 2.05) is 31.2 Å². The molecule has 146 valence electrons. The van der Waals surface area contributed by atoms with E-state index < -0.39 is 10.0 Å². The van der Waals surface area contributed by atoms with Crippen LogP contribution in [0.4, 0.5) is 5.69 Å². The largest absolute Gasteiger partial charge is 0.494 e. The number of hydrogen-bond donors (Lipinski definition) is 1. The lowest BCUT2D eigenvalue weighted by atomic mass is 10.2. The van der Waals surface area contributed by atoms with E-state index in [-0.39, 0.29) is 16.6 Å². The Morgan fingerprint density at radius 3 is 2.41 bits per heavy atom. The van der Waals surface area contributed by atoms with Crippen LogP contribution < -0.4 is 10.1 Å². The molecule has 0 atom stereocenters. The third kappa shape index (κ3) is 5.98. The van der Waals surface area contributed by atoms with Gasteiger partial charge in [-0.15, -0.1) is 11.8 Å². The summed E-state index contributed by atoms with van der Waals surface area (Å²) in [5.41, 5.74) is 1.61. The van der Waals surface area contributed by atoms with Gasteiger partial charge in [0.1, 0.15) is 5.75 Å². The van der Waals surface area contributed by atoms with Crippen molar-refractivity contribution >= 4 is 33.4 Å². The molecule has 2 rings (SSSR count). The Bertz CT molecular complexity index is 866. The van der Waals surface area contributed by atoms with Gasteiger partial charge in [0.05, 0.1) is 17.3 Å². The van der Waals surface area contributed by atoms with Crippen molar-refractivity contribution in [2.75, 3.05) is 31.8 Å². The third-order valence-corrected chi connectivity index (χ3v) is 6.49. The molecule has 2 aromatic carbocycles. The van der Waals surface area contributed by atoms with Crippen LogP contribution in [0.1, 0.15) is 12.5 Å². The monoisotopic (exact) mass is 408 g/mol. The number of thioether (sulfide) groups is 1. The minimum absolute atomic E-state index is 0.142. The molecule has 0 aromatic heterocycles. The van der Waals surface area contributed by atoms with Gasteiger partial charge < -0.3 is 10.1 Å². The lowest BCUT2D eigenvalue weighted by Crippen LogP contribution is -2.22. The van der Waals surface area contributed by atoms with Crippen molar-refractivity contribution in [1.82, 2.24) is 4.31 Å². The van der Waals surface area contributed by atoms with Crippen LogP contribution in [0.2, 0.25) is 0 Å². The average Bonchev–Trinajstić information content (AvgIpc) is 2.63. The summed E-state index contributed by atoms with van der Waals surface area (Å²) in [5, 5.41) is 2.78. The van der Waals surface area contributed by atoms with Crippen LogP contribution in [0, 0.1) is 0 Å². The molecule has 27 heavy (non-hydrogen) atoms. The molecule has 0 aliphatic rings. The SMILES string of the molecule is CCOc1ccccc1CSCC(=O)Nc1ccc(S(=O)(=O)N(C)C)cc1. The first-order valence-electron chi connectivity index (χ1n) is 8.45. The Morgan fingerprint density at radius 1 is 1.11 bits per heavy atom. The summed E-state index contributed by atoms with van der Waals surface area (Å²) >= 11 is 1.49. The minimum atomic E-state index is -3.47. The summed E-state index contributed by atoms with van der Waals surface area (Å²) in [7, 11) is -0.515. The van der Waals surface area contributed by atoms with Crippen molar-refractivity contribution in [3.63, 3.8) is 0 Å². The lowest BCUT2D eigenvalue weighted by Gasteiger charge is -2.12. The maximum atomic E-state index is 12.1. The quantitative estimate of drug-likeness (QED) is 0.690. The van der Waals surface area contributed by atoms with Gasteiger partial charge in [0.2, 0.25) is 15.9 Å². The molecule has 1 N–H and O–H groups in total. The molecule has 0 radical (unpaired) electrons. The first kappa shape index (κ1) is 21.3. The number of hydrogen-bond acceptors (Lipinski definition) is 5. The van der Waals surface area contributed by atoms with Gasteiger partial charge in [0, 0.05) is 31.1 Å². The van der Waals surface area contributed by atoms with Gasteiger partial charge in [-0.3, -0.25) is 4.79 Å². The number of ether oxygens (including phenoxy) is 1. The summed E-state index contributed by atoms with van der Waals surface area (Å²) in [6.45, 7) is 2.54. The Morgan fingerprint density at radius 2 is 1.78 bits per heavy atom. The zero-order chi connectivity index (χ0) is 19.9. The molecule has 0 fully saturated rings. The Kier molecular flexibility index (Phi) is 7.70. The van der Waals surface area contributed by atoms with Gasteiger partial charge in [-0.2, -0.15) is 0 Å². The van der Waals surface area contributed by atoms with Gasteiger partial charge in [-0.05, 0) is 37.3 Å². The molecule has 0 unspecified atom stereocenters. The Hall–Kier alpha value is -2.03. The fourth-order valence-corrected chi connectivity index (χ4v) is 4.01. The number of nitrogens with one attached hydrogen (secondary N) is 1. The fourth-order valence-electron chi connectivity index (χ4n) is 2.29. The molecule has 2 aromatic rings. The van der Waals surface area contributed by atoms with Crippen molar-refractivity contribution in [3.05, 3.63) is 54.1 Å². The van der Waals surface area contributed by atoms with Crippen molar-refractivity contribution in [1.29, 1.82) is 0 Å². The van der Waals surface area contributed by atoms with Crippen LogP contribution in [0.3, 0.4) is 0 Å². The summed E-state index contributed by atoms with van der Waals surface area (Å²) < 4.78 is 30.8. The molecule has 0 saturated carbocycles. The van der Waals surface area contributed by atoms with Crippen molar-refractivity contribution < 1.29 is 17.9 Å². The summed E-state index contributed by atoms with van der Waals surface area (Å²) in [6, 6.07) is 13.9. The molecular weight excluding hydrogens is 384 g/mol. The fraction of sp³-hybridized carbons (Fsp3) is 0.316. The molecule has 0 bridgehead atoms. The van der Waals surface area contributed by atoms with Gasteiger partial charge in [0.25, 0.3) is 0 Å². The van der Waals surface area contributed by atoms with E-state index in [0.29, 0.717) is 18.0 Å². The molecule has 0 spiro atoms. The Labute approximate surface area is 165 Å². The van der Waals surface area contributed by atoms with Gasteiger partial charge in [0.15, 0.2) is 0 Å². The number of sulfonamides is 1. The molecule has 0 heterocycles. The smallest absolute Gasteiger partial charge is 0.242 e. The zero-order valence-electron chi connectivity index (χ0n) is 15.6. The molecule has 0 aliphatic carbocycles. The van der Waals surface area contributed by atoms with E-state index >= 15 is 0 Å². The molecule has 8 heteroatoms. The predicted molar refractivity (Wildman–Crippen MR) is 110 cm³/mol. The second kappa shape index (κ2) is 9.77. The summed E-state index contributed by atoms with van der Waals surface area (Å²) in [5.74, 6) is 1.66. The van der Waals surface area contributed by atoms with Crippen molar-refractivity contribution in [3.8, 4) is 5.75 Å². The maximum Gasteiger partial charge on any atom is 0.242 e. The number of carbonyl (C=O) groups excluding carboxylic acids is 1. The van der Waals surface area contributed by atoms with E-state index in [9.17, 15) is 13.2 Å². The van der Waals surface area contributed by atoms with Crippen LogP contribution in [0.15, 0.2) is 53.4 Å². The van der Waals surface area contributed by atoms with Crippen LogP contribution in [-0.2, 0) is 20.6 Å². The highest BCUT2D eigenvalue weighted by Crippen LogP contribution is 2.23. The lowest BCUT2D eigenvalue weighted by molar-refractivity contribution is -0.113. The first-order valence-corrected chi connectivity index (χ1v) is 11.0. The first-order chi connectivity index (χ1) is 12.8. The van der Waals surface area contributed by atoms with Crippen LogP contribution >= 0.6 is 11.8 Å². The predicted octanol–water partition coefficient (Wildman–Crippen LogP) is 3.21. The average molecular weight is 409 g/mol. The van der Waals surface area contributed by atoms with Crippen LogP contribution in [-0.4, -0.2) is 45.1 Å². The topological polar surface area (TPSA) is 75.7 Å². The standard InChI is InChI=1S/C19H24N2O4S2/c1-4-25-18-8-6-5-7-15(18)13-26-14-19(22)20-16-9-11-17(12-10-16)27(23,24)21(2)3/h5-12H,4,13-14H2,1-3H3,(H,20,22). The second-order valence-corrected chi connectivity index (χ2v) is 9.03. The van der Waals surface area contributed by atoms with E-state index in [2.05, 4.69) is 5.32 Å². The zero-order valence-corrected chi connectivity index (χ0v) is 17.3. The van der Waals surface area contributed by atoms with Crippen LogP contribution in [0.5, 0.6) is 5.75 Å². The van der Waals surface area contributed by atoms with Crippen LogP contribution in [0.25, 0.3) is 0 Å². The van der Waals surface area contributed by atoms with Crippen molar-refractivity contribution in [2.45, 2.75) is 17.6 Å². The Balaban J connectivity index is 1.88. The minimum Gasteiger partial charge on any atom is -0.494 e. The number of benzene rings is 2. The molecule has 0 saturated heterocycles. The highest BCUT2D eigenvalue weighted by Gasteiger charge is 2.16. The third-order valence-electron chi connectivity index (χ3n) is 3.68. The molecular formula is C19H24N2O4S2. The number of anilines is 1. The molecule has 6 nitrogen and oxygen atoms in total.